The molecule has 0 amide bonds. The first-order valence-electron chi connectivity index (χ1n) is 5.68. The molecule has 1 aliphatic heterocycles. The van der Waals surface area contributed by atoms with Gasteiger partial charge in [0.05, 0.1) is 0 Å². The van der Waals surface area contributed by atoms with E-state index in [9.17, 15) is 0 Å². The zero-order chi connectivity index (χ0) is 10.8. The summed E-state index contributed by atoms with van der Waals surface area (Å²) in [5, 5.41) is 0. The van der Waals surface area contributed by atoms with Crippen LogP contribution in [0.2, 0.25) is 0 Å². The Kier molecular flexibility index (Phi) is 2.96. The number of rotatable bonds is 2. The van der Waals surface area contributed by atoms with Crippen LogP contribution in [-0.2, 0) is 0 Å². The van der Waals surface area contributed by atoms with Crippen LogP contribution in [0.5, 0.6) is 5.75 Å². The van der Waals surface area contributed by atoms with Gasteiger partial charge in [-0.15, -0.1) is 0 Å². The Morgan fingerprint density at radius 1 is 1.40 bits per heavy atom. The van der Waals surface area contributed by atoms with E-state index < -0.39 is 0 Å². The molecule has 0 fully saturated rings. The van der Waals surface area contributed by atoms with Crippen LogP contribution < -0.4 is 10.5 Å². The highest BCUT2D eigenvalue weighted by Gasteiger charge is 2.25. The smallest absolute Gasteiger partial charge is 0.124 e. The van der Waals surface area contributed by atoms with Crippen molar-refractivity contribution in [3.05, 3.63) is 29.8 Å². The average molecular weight is 205 g/mol. The van der Waals surface area contributed by atoms with Crippen molar-refractivity contribution in [1.82, 2.24) is 0 Å². The Morgan fingerprint density at radius 3 is 2.87 bits per heavy atom. The molecule has 1 unspecified atom stereocenters. The maximum atomic E-state index is 6.13. The van der Waals surface area contributed by atoms with Crippen molar-refractivity contribution < 1.29 is 4.74 Å². The van der Waals surface area contributed by atoms with Gasteiger partial charge in [-0.3, -0.25) is 0 Å². The van der Waals surface area contributed by atoms with Crippen LogP contribution in [0.25, 0.3) is 0 Å². The Bertz CT molecular complexity index is 335. The molecule has 0 radical (unpaired) electrons. The normalized spacial score (nSPS) is 24.8. The van der Waals surface area contributed by atoms with Crippen molar-refractivity contribution in [3.63, 3.8) is 0 Å². The van der Waals surface area contributed by atoms with E-state index in [0.717, 1.165) is 24.2 Å². The largest absolute Gasteiger partial charge is 0.490 e. The highest BCUT2D eigenvalue weighted by atomic mass is 16.5. The number of para-hydroxylation sites is 1. The number of fused-ring (bicyclic) bond motifs is 1. The molecule has 1 aromatic carbocycles. The molecular formula is C13H19NO. The van der Waals surface area contributed by atoms with Gasteiger partial charge in [0.15, 0.2) is 0 Å². The molecule has 2 rings (SSSR count). The first-order valence-corrected chi connectivity index (χ1v) is 5.68. The predicted molar refractivity (Wildman–Crippen MR) is 61.9 cm³/mol. The Labute approximate surface area is 91.4 Å². The maximum Gasteiger partial charge on any atom is 0.124 e. The average Bonchev–Trinajstić information content (AvgIpc) is 2.16. The number of benzene rings is 1. The summed E-state index contributed by atoms with van der Waals surface area (Å²) >= 11 is 0. The molecule has 1 aliphatic rings. The van der Waals surface area contributed by atoms with E-state index in [1.165, 1.54) is 0 Å². The molecule has 15 heavy (non-hydrogen) atoms. The molecule has 0 aliphatic carbocycles. The third-order valence-corrected chi connectivity index (χ3v) is 2.86. The summed E-state index contributed by atoms with van der Waals surface area (Å²) in [4.78, 5) is 0. The lowest BCUT2D eigenvalue weighted by Crippen LogP contribution is -2.30. The van der Waals surface area contributed by atoms with E-state index in [2.05, 4.69) is 19.9 Å². The minimum absolute atomic E-state index is 0.138. The lowest BCUT2D eigenvalue weighted by atomic mass is 9.93. The fraction of sp³-hybridized carbons (Fsp3) is 0.538. The van der Waals surface area contributed by atoms with Gasteiger partial charge >= 0.3 is 0 Å². The van der Waals surface area contributed by atoms with E-state index in [-0.39, 0.29) is 12.1 Å². The highest BCUT2D eigenvalue weighted by molar-refractivity contribution is 5.37. The quantitative estimate of drug-likeness (QED) is 0.805. The Balaban J connectivity index is 2.15. The fourth-order valence-corrected chi connectivity index (χ4v) is 2.20. The highest BCUT2D eigenvalue weighted by Crippen LogP contribution is 2.34. The molecular weight excluding hydrogens is 186 g/mol. The van der Waals surface area contributed by atoms with Gasteiger partial charge in [0.25, 0.3) is 0 Å². The minimum atomic E-state index is 0.138. The number of ether oxygens (including phenoxy) is 1. The molecule has 2 heteroatoms. The van der Waals surface area contributed by atoms with Crippen LogP contribution in [0.4, 0.5) is 0 Å². The van der Waals surface area contributed by atoms with Crippen molar-refractivity contribution in [1.29, 1.82) is 0 Å². The van der Waals surface area contributed by atoms with Gasteiger partial charge in [0, 0.05) is 18.0 Å². The Morgan fingerprint density at radius 2 is 2.13 bits per heavy atom. The molecule has 1 heterocycles. The van der Waals surface area contributed by atoms with Gasteiger partial charge in [-0.05, 0) is 18.4 Å². The van der Waals surface area contributed by atoms with Crippen molar-refractivity contribution in [2.75, 3.05) is 0 Å². The second-order valence-corrected chi connectivity index (χ2v) is 4.75. The van der Waals surface area contributed by atoms with E-state index in [0.29, 0.717) is 5.92 Å². The van der Waals surface area contributed by atoms with Crippen molar-refractivity contribution in [3.8, 4) is 5.75 Å². The zero-order valence-electron chi connectivity index (χ0n) is 9.44. The van der Waals surface area contributed by atoms with Crippen LogP contribution in [0.15, 0.2) is 24.3 Å². The van der Waals surface area contributed by atoms with Gasteiger partial charge in [-0.1, -0.05) is 32.0 Å². The summed E-state index contributed by atoms with van der Waals surface area (Å²) in [6.07, 6.45) is 2.31. The zero-order valence-corrected chi connectivity index (χ0v) is 9.44. The van der Waals surface area contributed by atoms with Crippen LogP contribution >= 0.6 is 0 Å². The summed E-state index contributed by atoms with van der Waals surface area (Å²) in [6.45, 7) is 4.44. The van der Waals surface area contributed by atoms with Gasteiger partial charge in [0.2, 0.25) is 0 Å². The number of nitrogens with two attached hydrogens (primary N) is 1. The van der Waals surface area contributed by atoms with Crippen LogP contribution in [0.3, 0.4) is 0 Å². The van der Waals surface area contributed by atoms with Crippen LogP contribution in [0.1, 0.15) is 38.3 Å². The number of hydrogen-bond donors (Lipinski definition) is 1. The van der Waals surface area contributed by atoms with E-state index in [4.69, 9.17) is 10.5 Å². The second-order valence-electron chi connectivity index (χ2n) is 4.75. The van der Waals surface area contributed by atoms with Gasteiger partial charge in [0.1, 0.15) is 11.9 Å². The summed E-state index contributed by atoms with van der Waals surface area (Å²) in [5.74, 6) is 1.63. The van der Waals surface area contributed by atoms with Crippen molar-refractivity contribution >= 4 is 0 Å². The van der Waals surface area contributed by atoms with Gasteiger partial charge in [-0.25, -0.2) is 0 Å². The minimum Gasteiger partial charge on any atom is -0.490 e. The molecule has 2 N–H and O–H groups in total. The van der Waals surface area contributed by atoms with Crippen LogP contribution in [-0.4, -0.2) is 6.10 Å². The summed E-state index contributed by atoms with van der Waals surface area (Å²) in [6, 6.07) is 8.24. The van der Waals surface area contributed by atoms with E-state index in [1.807, 2.05) is 18.2 Å². The standard InChI is InChI=1S/C13H19NO/c1-9(2)7-10-8-12(14)11-5-3-4-6-13(11)15-10/h3-6,9-10,12H,7-8,14H2,1-2H3/t10?,12-/m1/s1. The monoisotopic (exact) mass is 205 g/mol. The first kappa shape index (κ1) is 10.5. The summed E-state index contributed by atoms with van der Waals surface area (Å²) in [7, 11) is 0. The van der Waals surface area contributed by atoms with Gasteiger partial charge in [-0.2, -0.15) is 0 Å². The summed E-state index contributed by atoms with van der Waals surface area (Å²) in [5.41, 5.74) is 7.28. The predicted octanol–water partition coefficient (Wildman–Crippen LogP) is 2.88. The van der Waals surface area contributed by atoms with Crippen molar-refractivity contribution in [2.45, 2.75) is 38.8 Å². The third-order valence-electron chi connectivity index (χ3n) is 2.86. The molecule has 0 aromatic heterocycles. The van der Waals surface area contributed by atoms with E-state index >= 15 is 0 Å². The van der Waals surface area contributed by atoms with Crippen molar-refractivity contribution in [2.24, 2.45) is 11.7 Å². The molecule has 0 bridgehead atoms. The van der Waals surface area contributed by atoms with Crippen LogP contribution in [0, 0.1) is 5.92 Å². The SMILES string of the molecule is CC(C)CC1C[C@@H](N)c2ccccc2O1. The summed E-state index contributed by atoms with van der Waals surface area (Å²) < 4.78 is 5.93. The lowest BCUT2D eigenvalue weighted by molar-refractivity contribution is 0.136. The molecule has 82 valence electrons. The molecule has 2 nitrogen and oxygen atoms in total. The third kappa shape index (κ3) is 2.32. The Hall–Kier alpha value is -1.02. The second kappa shape index (κ2) is 4.23. The number of hydrogen-bond acceptors (Lipinski definition) is 2. The molecule has 0 saturated heterocycles. The maximum absolute atomic E-state index is 6.13. The molecule has 2 atom stereocenters. The van der Waals surface area contributed by atoms with Gasteiger partial charge < -0.3 is 10.5 Å². The fourth-order valence-electron chi connectivity index (χ4n) is 2.20. The van der Waals surface area contributed by atoms with E-state index in [1.54, 1.807) is 0 Å². The molecule has 1 aromatic rings. The lowest BCUT2D eigenvalue weighted by Gasteiger charge is -2.31. The molecule has 0 saturated carbocycles. The molecule has 0 spiro atoms. The topological polar surface area (TPSA) is 35.2 Å². The first-order chi connectivity index (χ1) is 7.16.